The van der Waals surface area contributed by atoms with Gasteiger partial charge in [-0.15, -0.1) is 0 Å². The van der Waals surface area contributed by atoms with Crippen molar-refractivity contribution in [1.29, 1.82) is 0 Å². The standard InChI is InChI=1S/C22H31N3O5/c1-5-17-20(27)25(14-19(26)24-11-7-6-8-12-24)16-13-15(9-10-18(16)29-17)23-21(28)30-22(2,3)4/h9-10,13,17H,5-8,11-12,14H2,1-4H3,(H,23,28). The largest absolute Gasteiger partial charge is 0.478 e. The van der Waals surface area contributed by atoms with Crippen LogP contribution in [0.25, 0.3) is 0 Å². The molecule has 2 aliphatic heterocycles. The molecule has 1 N–H and O–H groups in total. The van der Waals surface area contributed by atoms with Gasteiger partial charge in [0.15, 0.2) is 6.10 Å². The summed E-state index contributed by atoms with van der Waals surface area (Å²) in [5.41, 5.74) is 0.312. The molecule has 1 fully saturated rings. The molecule has 1 unspecified atom stereocenters. The lowest BCUT2D eigenvalue weighted by Crippen LogP contribution is -2.51. The van der Waals surface area contributed by atoms with Crippen molar-refractivity contribution < 1.29 is 23.9 Å². The van der Waals surface area contributed by atoms with Crippen molar-refractivity contribution >= 4 is 29.3 Å². The first-order chi connectivity index (χ1) is 14.2. The van der Waals surface area contributed by atoms with Crippen molar-refractivity contribution in [3.05, 3.63) is 18.2 Å². The monoisotopic (exact) mass is 417 g/mol. The molecule has 30 heavy (non-hydrogen) atoms. The summed E-state index contributed by atoms with van der Waals surface area (Å²) in [6.07, 6.45) is 2.39. The number of anilines is 2. The van der Waals surface area contributed by atoms with Gasteiger partial charge in [-0.05, 0) is 64.7 Å². The highest BCUT2D eigenvalue weighted by molar-refractivity contribution is 6.04. The van der Waals surface area contributed by atoms with Crippen molar-refractivity contribution in [1.82, 2.24) is 4.90 Å². The molecular formula is C22H31N3O5. The van der Waals surface area contributed by atoms with E-state index in [9.17, 15) is 14.4 Å². The second-order valence-corrected chi connectivity index (χ2v) is 8.69. The molecule has 0 spiro atoms. The normalized spacial score (nSPS) is 19.1. The minimum absolute atomic E-state index is 0.0401. The van der Waals surface area contributed by atoms with Gasteiger partial charge >= 0.3 is 6.09 Å². The third-order valence-electron chi connectivity index (χ3n) is 5.08. The molecule has 0 aliphatic carbocycles. The van der Waals surface area contributed by atoms with E-state index in [4.69, 9.17) is 9.47 Å². The maximum absolute atomic E-state index is 13.0. The van der Waals surface area contributed by atoms with Gasteiger partial charge in [0.1, 0.15) is 17.9 Å². The Morgan fingerprint density at radius 3 is 2.53 bits per heavy atom. The number of carbonyl (C=O) groups excluding carboxylic acids is 3. The third-order valence-corrected chi connectivity index (χ3v) is 5.08. The van der Waals surface area contributed by atoms with E-state index in [1.807, 2.05) is 11.8 Å². The molecule has 8 heteroatoms. The molecule has 0 saturated carbocycles. The van der Waals surface area contributed by atoms with Crippen molar-refractivity contribution in [2.45, 2.75) is 65.1 Å². The fraction of sp³-hybridized carbons (Fsp3) is 0.591. The number of nitrogens with zero attached hydrogens (tertiary/aromatic N) is 2. The Kier molecular flexibility index (Phi) is 6.53. The first-order valence-corrected chi connectivity index (χ1v) is 10.6. The average molecular weight is 418 g/mol. The SMILES string of the molecule is CCC1Oc2ccc(NC(=O)OC(C)(C)C)cc2N(CC(=O)N2CCCCC2)C1=O. The molecule has 1 aromatic carbocycles. The van der Waals surface area contributed by atoms with E-state index >= 15 is 0 Å². The number of amides is 3. The highest BCUT2D eigenvalue weighted by Crippen LogP contribution is 2.37. The van der Waals surface area contributed by atoms with Crippen LogP contribution in [0, 0.1) is 0 Å². The van der Waals surface area contributed by atoms with Crippen molar-refractivity contribution in [2.24, 2.45) is 0 Å². The number of fused-ring (bicyclic) bond motifs is 1. The lowest BCUT2D eigenvalue weighted by atomic mass is 10.1. The van der Waals surface area contributed by atoms with E-state index in [-0.39, 0.29) is 18.4 Å². The number of ether oxygens (including phenoxy) is 2. The highest BCUT2D eigenvalue weighted by atomic mass is 16.6. The summed E-state index contributed by atoms with van der Waals surface area (Å²) in [4.78, 5) is 41.2. The Morgan fingerprint density at radius 2 is 1.90 bits per heavy atom. The molecule has 0 bridgehead atoms. The number of likely N-dealkylation sites (tertiary alicyclic amines) is 1. The van der Waals surface area contributed by atoms with E-state index < -0.39 is 17.8 Å². The quantitative estimate of drug-likeness (QED) is 0.809. The lowest BCUT2D eigenvalue weighted by Gasteiger charge is -2.36. The van der Waals surface area contributed by atoms with Gasteiger partial charge < -0.3 is 14.4 Å². The molecule has 0 aromatic heterocycles. The number of carbonyl (C=O) groups is 3. The highest BCUT2D eigenvalue weighted by Gasteiger charge is 2.35. The first-order valence-electron chi connectivity index (χ1n) is 10.6. The molecule has 0 radical (unpaired) electrons. The molecule has 1 aromatic rings. The summed E-state index contributed by atoms with van der Waals surface area (Å²) >= 11 is 0. The van der Waals surface area contributed by atoms with Crippen LogP contribution in [0.4, 0.5) is 16.2 Å². The van der Waals surface area contributed by atoms with Crippen LogP contribution in [-0.2, 0) is 14.3 Å². The van der Waals surface area contributed by atoms with Gasteiger partial charge in [-0.25, -0.2) is 4.79 Å². The molecule has 2 heterocycles. The Labute approximate surface area is 177 Å². The summed E-state index contributed by atoms with van der Waals surface area (Å²) < 4.78 is 11.1. The van der Waals surface area contributed by atoms with Gasteiger partial charge in [0, 0.05) is 18.8 Å². The van der Waals surface area contributed by atoms with Crippen LogP contribution in [0.2, 0.25) is 0 Å². The molecule has 164 valence electrons. The zero-order valence-corrected chi connectivity index (χ0v) is 18.2. The number of nitrogens with one attached hydrogen (secondary N) is 1. The fourth-order valence-corrected chi connectivity index (χ4v) is 3.62. The Hall–Kier alpha value is -2.77. The topological polar surface area (TPSA) is 88.2 Å². The van der Waals surface area contributed by atoms with Crippen LogP contribution in [-0.4, -0.2) is 54.1 Å². The predicted octanol–water partition coefficient (Wildman–Crippen LogP) is 3.55. The van der Waals surface area contributed by atoms with Gasteiger partial charge in [0.2, 0.25) is 5.91 Å². The molecule has 1 saturated heterocycles. The molecule has 8 nitrogen and oxygen atoms in total. The summed E-state index contributed by atoms with van der Waals surface area (Å²) in [5.74, 6) is 0.198. The van der Waals surface area contributed by atoms with Gasteiger partial charge in [-0.2, -0.15) is 0 Å². The van der Waals surface area contributed by atoms with Crippen LogP contribution in [0.3, 0.4) is 0 Å². The first kappa shape index (κ1) is 21.9. The number of rotatable bonds is 4. The number of piperidine rings is 1. The van der Waals surface area contributed by atoms with E-state index in [0.29, 0.717) is 23.5 Å². The van der Waals surface area contributed by atoms with E-state index in [0.717, 1.165) is 32.4 Å². The maximum atomic E-state index is 13.0. The van der Waals surface area contributed by atoms with Crippen LogP contribution in [0.15, 0.2) is 18.2 Å². The zero-order chi connectivity index (χ0) is 21.9. The molecule has 3 amide bonds. The fourth-order valence-electron chi connectivity index (χ4n) is 3.62. The van der Waals surface area contributed by atoms with Crippen LogP contribution < -0.4 is 15.0 Å². The summed E-state index contributed by atoms with van der Waals surface area (Å²) in [7, 11) is 0. The van der Waals surface area contributed by atoms with Crippen molar-refractivity contribution in [2.75, 3.05) is 29.9 Å². The minimum Gasteiger partial charge on any atom is -0.478 e. The molecule has 3 rings (SSSR count). The Morgan fingerprint density at radius 1 is 1.20 bits per heavy atom. The van der Waals surface area contributed by atoms with Gasteiger partial charge in [0.25, 0.3) is 5.91 Å². The Balaban J connectivity index is 1.82. The zero-order valence-electron chi connectivity index (χ0n) is 18.2. The van der Waals surface area contributed by atoms with Gasteiger partial charge in [-0.1, -0.05) is 6.92 Å². The summed E-state index contributed by atoms with van der Waals surface area (Å²) in [5, 5.41) is 2.68. The van der Waals surface area contributed by atoms with Crippen LogP contribution >= 0.6 is 0 Å². The molecular weight excluding hydrogens is 386 g/mol. The summed E-state index contributed by atoms with van der Waals surface area (Å²) in [6, 6.07) is 5.04. The van der Waals surface area contributed by atoms with Crippen molar-refractivity contribution in [3.63, 3.8) is 0 Å². The van der Waals surface area contributed by atoms with Gasteiger partial charge in [-0.3, -0.25) is 19.8 Å². The molecule has 1 atom stereocenters. The number of benzene rings is 1. The van der Waals surface area contributed by atoms with Crippen LogP contribution in [0.5, 0.6) is 5.75 Å². The van der Waals surface area contributed by atoms with E-state index in [1.54, 1.807) is 39.0 Å². The third kappa shape index (κ3) is 5.23. The second-order valence-electron chi connectivity index (χ2n) is 8.69. The molecule has 2 aliphatic rings. The lowest BCUT2D eigenvalue weighted by molar-refractivity contribution is -0.134. The predicted molar refractivity (Wildman–Crippen MR) is 114 cm³/mol. The van der Waals surface area contributed by atoms with Gasteiger partial charge in [0.05, 0.1) is 5.69 Å². The number of hydrogen-bond donors (Lipinski definition) is 1. The van der Waals surface area contributed by atoms with Crippen LogP contribution in [0.1, 0.15) is 53.4 Å². The maximum Gasteiger partial charge on any atom is 0.412 e. The van der Waals surface area contributed by atoms with Crippen molar-refractivity contribution in [3.8, 4) is 5.75 Å². The Bertz CT molecular complexity index is 811. The van der Waals surface area contributed by atoms with E-state index in [1.165, 1.54) is 4.90 Å². The average Bonchev–Trinajstić information content (AvgIpc) is 2.69. The second kappa shape index (κ2) is 8.93. The smallest absolute Gasteiger partial charge is 0.412 e. The summed E-state index contributed by atoms with van der Waals surface area (Å²) in [6.45, 7) is 8.63. The minimum atomic E-state index is -0.628. The van der Waals surface area contributed by atoms with E-state index in [2.05, 4.69) is 5.32 Å². The number of hydrogen-bond acceptors (Lipinski definition) is 5.